The third kappa shape index (κ3) is 4.04. The molecule has 0 saturated heterocycles. The van der Waals surface area contributed by atoms with Gasteiger partial charge >= 0.3 is 0 Å². The lowest BCUT2D eigenvalue weighted by Crippen LogP contribution is -2.04. The summed E-state index contributed by atoms with van der Waals surface area (Å²) in [6, 6.07) is 8.96. The first kappa shape index (κ1) is 15.5. The van der Waals surface area contributed by atoms with E-state index in [-0.39, 0.29) is 12.1 Å². The Morgan fingerprint density at radius 2 is 1.76 bits per heavy atom. The SMILES string of the molecule is C=CCSc1ccccc1NCc1cc(F)c(F)cc1F. The summed E-state index contributed by atoms with van der Waals surface area (Å²) in [5, 5.41) is 3.04. The highest BCUT2D eigenvalue weighted by atomic mass is 32.2. The van der Waals surface area contributed by atoms with Crippen LogP contribution in [0.4, 0.5) is 18.9 Å². The van der Waals surface area contributed by atoms with Crippen molar-refractivity contribution in [1.82, 2.24) is 0 Å². The minimum absolute atomic E-state index is 0.0781. The van der Waals surface area contributed by atoms with Gasteiger partial charge in [0.1, 0.15) is 5.82 Å². The van der Waals surface area contributed by atoms with Crippen molar-refractivity contribution in [2.75, 3.05) is 11.1 Å². The Labute approximate surface area is 125 Å². The van der Waals surface area contributed by atoms with Gasteiger partial charge in [0.15, 0.2) is 11.6 Å². The van der Waals surface area contributed by atoms with Crippen LogP contribution >= 0.6 is 11.8 Å². The van der Waals surface area contributed by atoms with E-state index in [0.717, 1.165) is 22.4 Å². The zero-order valence-electron chi connectivity index (χ0n) is 11.2. The Bertz CT molecular complexity index is 643. The summed E-state index contributed by atoms with van der Waals surface area (Å²) >= 11 is 1.58. The molecule has 2 rings (SSSR count). The molecular weight excluding hydrogens is 295 g/mol. The lowest BCUT2D eigenvalue weighted by Gasteiger charge is -2.12. The van der Waals surface area contributed by atoms with E-state index in [2.05, 4.69) is 11.9 Å². The summed E-state index contributed by atoms with van der Waals surface area (Å²) in [6.45, 7) is 3.74. The molecule has 1 N–H and O–H groups in total. The number of nitrogens with one attached hydrogen (secondary N) is 1. The van der Waals surface area contributed by atoms with Gasteiger partial charge in [0.25, 0.3) is 0 Å². The van der Waals surface area contributed by atoms with Crippen LogP contribution in [0.3, 0.4) is 0 Å². The highest BCUT2D eigenvalue weighted by Gasteiger charge is 2.10. The summed E-state index contributed by atoms with van der Waals surface area (Å²) in [5.41, 5.74) is 0.894. The smallest absolute Gasteiger partial charge is 0.161 e. The first-order valence-electron chi connectivity index (χ1n) is 6.32. The molecule has 1 nitrogen and oxygen atoms in total. The molecule has 0 atom stereocenters. The predicted octanol–water partition coefficient (Wildman–Crippen LogP) is 4.99. The fraction of sp³-hybridized carbons (Fsp3) is 0.125. The zero-order chi connectivity index (χ0) is 15.2. The van der Waals surface area contributed by atoms with Crippen molar-refractivity contribution >= 4 is 17.4 Å². The molecule has 110 valence electrons. The van der Waals surface area contributed by atoms with Gasteiger partial charge in [0, 0.05) is 34.5 Å². The molecule has 0 saturated carbocycles. The van der Waals surface area contributed by atoms with Crippen molar-refractivity contribution in [3.63, 3.8) is 0 Å². The molecule has 2 aromatic carbocycles. The second kappa shape index (κ2) is 7.22. The molecule has 0 bridgehead atoms. The van der Waals surface area contributed by atoms with Crippen LogP contribution in [0.2, 0.25) is 0 Å². The van der Waals surface area contributed by atoms with Crippen LogP contribution in [-0.4, -0.2) is 5.75 Å². The summed E-state index contributed by atoms with van der Waals surface area (Å²) in [6.07, 6.45) is 1.79. The molecule has 0 amide bonds. The van der Waals surface area contributed by atoms with Crippen molar-refractivity contribution in [2.45, 2.75) is 11.4 Å². The molecule has 0 spiro atoms. The largest absolute Gasteiger partial charge is 0.380 e. The quantitative estimate of drug-likeness (QED) is 0.458. The number of hydrogen-bond acceptors (Lipinski definition) is 2. The molecule has 0 fully saturated rings. The second-order valence-corrected chi connectivity index (χ2v) is 5.37. The van der Waals surface area contributed by atoms with E-state index in [9.17, 15) is 13.2 Å². The summed E-state index contributed by atoms with van der Waals surface area (Å²) in [5.74, 6) is -2.25. The van der Waals surface area contributed by atoms with E-state index in [1.54, 1.807) is 17.8 Å². The fourth-order valence-corrected chi connectivity index (χ4v) is 2.54. The molecule has 0 unspecified atom stereocenters. The number of para-hydroxylation sites is 1. The third-order valence-electron chi connectivity index (χ3n) is 2.80. The van der Waals surface area contributed by atoms with E-state index >= 15 is 0 Å². The molecule has 0 aromatic heterocycles. The molecular formula is C16H14F3NS. The van der Waals surface area contributed by atoms with Crippen LogP contribution in [-0.2, 0) is 6.54 Å². The molecule has 0 aliphatic carbocycles. The van der Waals surface area contributed by atoms with Crippen LogP contribution in [0.5, 0.6) is 0 Å². The van der Waals surface area contributed by atoms with Gasteiger partial charge in [-0.3, -0.25) is 0 Å². The van der Waals surface area contributed by atoms with Gasteiger partial charge in [-0.2, -0.15) is 0 Å². The number of hydrogen-bond donors (Lipinski definition) is 1. The Morgan fingerprint density at radius 3 is 2.52 bits per heavy atom. The monoisotopic (exact) mass is 309 g/mol. The van der Waals surface area contributed by atoms with Gasteiger partial charge in [0.2, 0.25) is 0 Å². The lowest BCUT2D eigenvalue weighted by molar-refractivity contribution is 0.490. The topological polar surface area (TPSA) is 12.0 Å². The van der Waals surface area contributed by atoms with E-state index in [4.69, 9.17) is 0 Å². The Hall–Kier alpha value is -1.88. The van der Waals surface area contributed by atoms with Gasteiger partial charge in [0.05, 0.1) is 0 Å². The standard InChI is InChI=1S/C16H14F3NS/c1-2-7-21-16-6-4-3-5-15(16)20-10-11-8-13(18)14(19)9-12(11)17/h2-6,8-9,20H,1,7,10H2. The van der Waals surface area contributed by atoms with Crippen molar-refractivity contribution < 1.29 is 13.2 Å². The van der Waals surface area contributed by atoms with Crippen molar-refractivity contribution in [3.05, 3.63) is 72.1 Å². The Morgan fingerprint density at radius 1 is 1.05 bits per heavy atom. The van der Waals surface area contributed by atoms with Gasteiger partial charge in [-0.25, -0.2) is 13.2 Å². The van der Waals surface area contributed by atoms with Crippen LogP contribution in [0, 0.1) is 17.5 Å². The summed E-state index contributed by atoms with van der Waals surface area (Å²) in [4.78, 5) is 0.986. The van der Waals surface area contributed by atoms with Crippen LogP contribution in [0.1, 0.15) is 5.56 Å². The fourth-order valence-electron chi connectivity index (χ4n) is 1.78. The molecule has 0 aliphatic heterocycles. The van der Waals surface area contributed by atoms with Crippen LogP contribution < -0.4 is 5.32 Å². The number of benzene rings is 2. The summed E-state index contributed by atoms with van der Waals surface area (Å²) < 4.78 is 39.6. The highest BCUT2D eigenvalue weighted by molar-refractivity contribution is 7.99. The van der Waals surface area contributed by atoms with Gasteiger partial charge in [-0.05, 0) is 18.2 Å². The van der Waals surface area contributed by atoms with E-state index in [1.165, 1.54) is 0 Å². The first-order chi connectivity index (χ1) is 10.1. The molecule has 0 heterocycles. The zero-order valence-corrected chi connectivity index (χ0v) is 12.0. The normalized spacial score (nSPS) is 10.4. The molecule has 0 radical (unpaired) electrons. The number of thioether (sulfide) groups is 1. The lowest BCUT2D eigenvalue weighted by atomic mass is 10.2. The van der Waals surface area contributed by atoms with Gasteiger partial charge < -0.3 is 5.32 Å². The minimum atomic E-state index is -1.18. The molecule has 5 heteroatoms. The van der Waals surface area contributed by atoms with Gasteiger partial charge in [-0.1, -0.05) is 18.2 Å². The minimum Gasteiger partial charge on any atom is -0.380 e. The maximum atomic E-state index is 13.6. The van der Waals surface area contributed by atoms with Crippen molar-refractivity contribution in [2.24, 2.45) is 0 Å². The molecule has 2 aromatic rings. The van der Waals surface area contributed by atoms with Crippen LogP contribution in [0.15, 0.2) is 53.9 Å². The van der Waals surface area contributed by atoms with E-state index in [0.29, 0.717) is 6.07 Å². The highest BCUT2D eigenvalue weighted by Crippen LogP contribution is 2.27. The van der Waals surface area contributed by atoms with E-state index in [1.807, 2.05) is 24.3 Å². The Kier molecular flexibility index (Phi) is 5.33. The maximum absolute atomic E-state index is 13.6. The van der Waals surface area contributed by atoms with E-state index < -0.39 is 17.5 Å². The van der Waals surface area contributed by atoms with Crippen molar-refractivity contribution in [3.8, 4) is 0 Å². The van der Waals surface area contributed by atoms with Gasteiger partial charge in [-0.15, -0.1) is 18.3 Å². The summed E-state index contributed by atoms with van der Waals surface area (Å²) in [7, 11) is 0. The molecule has 21 heavy (non-hydrogen) atoms. The Balaban J connectivity index is 2.13. The maximum Gasteiger partial charge on any atom is 0.161 e. The number of halogens is 3. The average Bonchev–Trinajstić information content (AvgIpc) is 2.48. The van der Waals surface area contributed by atoms with Crippen LogP contribution in [0.25, 0.3) is 0 Å². The molecule has 0 aliphatic rings. The third-order valence-corrected chi connectivity index (χ3v) is 3.87. The average molecular weight is 309 g/mol. The predicted molar refractivity (Wildman–Crippen MR) is 81.0 cm³/mol. The number of anilines is 1. The second-order valence-electron chi connectivity index (χ2n) is 4.31. The first-order valence-corrected chi connectivity index (χ1v) is 7.30. The van der Waals surface area contributed by atoms with Crippen molar-refractivity contribution in [1.29, 1.82) is 0 Å². The number of rotatable bonds is 6.